The minimum absolute atomic E-state index is 0.118. The Hall–Kier alpha value is -1.93. The Bertz CT molecular complexity index is 640. The largest absolute Gasteiger partial charge is 0.456 e. The number of sulfonamides is 1. The van der Waals surface area contributed by atoms with Gasteiger partial charge >= 0.3 is 5.97 Å². The Kier molecular flexibility index (Phi) is 5.86. The molecule has 3 N–H and O–H groups in total. The maximum atomic E-state index is 12.1. The van der Waals surface area contributed by atoms with Gasteiger partial charge in [-0.25, -0.2) is 13.1 Å². The van der Waals surface area contributed by atoms with E-state index in [1.165, 1.54) is 6.07 Å². The van der Waals surface area contributed by atoms with Crippen LogP contribution in [0.3, 0.4) is 0 Å². The fourth-order valence-electron chi connectivity index (χ4n) is 1.69. The summed E-state index contributed by atoms with van der Waals surface area (Å²) >= 11 is 0. The Morgan fingerprint density at radius 2 is 1.95 bits per heavy atom. The summed E-state index contributed by atoms with van der Waals surface area (Å²) in [6.07, 6.45) is -0.183. The first-order chi connectivity index (χ1) is 9.72. The summed E-state index contributed by atoms with van der Waals surface area (Å²) < 4.78 is 31.0. The molecule has 0 unspecified atom stereocenters. The molecule has 7 nitrogen and oxygen atoms in total. The Morgan fingerprint density at radius 3 is 2.52 bits per heavy atom. The summed E-state index contributed by atoms with van der Waals surface area (Å²) in [5, 5.41) is 0. The van der Waals surface area contributed by atoms with E-state index in [0.717, 1.165) is 5.56 Å². The minimum Gasteiger partial charge on any atom is -0.456 e. The normalized spacial score (nSPS) is 11.1. The van der Waals surface area contributed by atoms with E-state index >= 15 is 0 Å². The maximum absolute atomic E-state index is 12.1. The number of aryl methyl sites for hydroxylation is 2. The zero-order chi connectivity index (χ0) is 16.0. The monoisotopic (exact) mass is 314 g/mol. The van der Waals surface area contributed by atoms with Crippen LogP contribution >= 0.6 is 0 Å². The van der Waals surface area contributed by atoms with Gasteiger partial charge in [0, 0.05) is 6.54 Å². The van der Waals surface area contributed by atoms with E-state index in [-0.39, 0.29) is 17.9 Å². The van der Waals surface area contributed by atoms with Crippen LogP contribution < -0.4 is 10.5 Å². The van der Waals surface area contributed by atoms with Gasteiger partial charge in [0.1, 0.15) is 0 Å². The third-order valence-electron chi connectivity index (χ3n) is 2.62. The summed E-state index contributed by atoms with van der Waals surface area (Å²) in [5.41, 5.74) is 6.40. The standard InChI is InChI=1S/C13H18N2O5S/c1-9-3-4-11(10(2)7-9)21(18,19)15-6-5-13(17)20-8-12(14)16/h3-4,7,15H,5-6,8H2,1-2H3,(H2,14,16). The Balaban J connectivity index is 2.57. The highest BCUT2D eigenvalue weighted by molar-refractivity contribution is 7.89. The van der Waals surface area contributed by atoms with Gasteiger partial charge in [-0.05, 0) is 25.5 Å². The third-order valence-corrected chi connectivity index (χ3v) is 4.24. The molecule has 21 heavy (non-hydrogen) atoms. The zero-order valence-corrected chi connectivity index (χ0v) is 12.7. The fourth-order valence-corrected chi connectivity index (χ4v) is 2.95. The van der Waals surface area contributed by atoms with Gasteiger partial charge in [-0.3, -0.25) is 9.59 Å². The van der Waals surface area contributed by atoms with Crippen molar-refractivity contribution in [3.8, 4) is 0 Å². The Morgan fingerprint density at radius 1 is 1.29 bits per heavy atom. The number of hydrogen-bond donors (Lipinski definition) is 2. The van der Waals surface area contributed by atoms with Crippen molar-refractivity contribution in [3.63, 3.8) is 0 Å². The summed E-state index contributed by atoms with van der Waals surface area (Å²) in [6.45, 7) is 2.93. The van der Waals surface area contributed by atoms with E-state index in [4.69, 9.17) is 5.73 Å². The van der Waals surface area contributed by atoms with Gasteiger partial charge in [-0.2, -0.15) is 0 Å². The van der Waals surface area contributed by atoms with Gasteiger partial charge < -0.3 is 10.5 Å². The predicted octanol–water partition coefficient (Wildman–Crippen LogP) is 0.000340. The number of hydrogen-bond acceptors (Lipinski definition) is 5. The van der Waals surface area contributed by atoms with E-state index in [9.17, 15) is 18.0 Å². The van der Waals surface area contributed by atoms with Crippen LogP contribution in [-0.4, -0.2) is 33.4 Å². The first-order valence-corrected chi connectivity index (χ1v) is 7.71. The van der Waals surface area contributed by atoms with Gasteiger partial charge in [-0.15, -0.1) is 0 Å². The third kappa shape index (κ3) is 5.52. The summed E-state index contributed by atoms with van der Waals surface area (Å²) in [5.74, 6) is -1.46. The molecule has 0 saturated heterocycles. The molecule has 0 aliphatic carbocycles. The molecule has 0 heterocycles. The molecular formula is C13H18N2O5S. The lowest BCUT2D eigenvalue weighted by molar-refractivity contribution is -0.147. The molecule has 0 radical (unpaired) electrons. The molecule has 1 rings (SSSR count). The molecule has 1 amide bonds. The van der Waals surface area contributed by atoms with Gasteiger partial charge in [0.2, 0.25) is 10.0 Å². The number of benzene rings is 1. The van der Waals surface area contributed by atoms with Gasteiger partial charge in [0.15, 0.2) is 6.61 Å². The number of carbonyl (C=O) groups is 2. The van der Waals surface area contributed by atoms with Crippen molar-refractivity contribution in [3.05, 3.63) is 29.3 Å². The molecule has 0 aliphatic heterocycles. The molecular weight excluding hydrogens is 296 g/mol. The number of rotatable bonds is 7. The van der Waals surface area contributed by atoms with Gasteiger partial charge in [-0.1, -0.05) is 17.7 Å². The average molecular weight is 314 g/mol. The second-order valence-electron chi connectivity index (χ2n) is 4.54. The van der Waals surface area contributed by atoms with Crippen LogP contribution in [0.15, 0.2) is 23.1 Å². The smallest absolute Gasteiger partial charge is 0.307 e. The average Bonchev–Trinajstić information content (AvgIpc) is 2.35. The lowest BCUT2D eigenvalue weighted by Crippen LogP contribution is -2.28. The second-order valence-corrected chi connectivity index (χ2v) is 6.28. The van der Waals surface area contributed by atoms with Crippen molar-refractivity contribution < 1.29 is 22.7 Å². The number of nitrogens with two attached hydrogens (primary N) is 1. The first kappa shape index (κ1) is 17.1. The quantitative estimate of drug-likeness (QED) is 0.687. The van der Waals surface area contributed by atoms with Crippen molar-refractivity contribution >= 4 is 21.9 Å². The van der Waals surface area contributed by atoms with Crippen LogP contribution in [0, 0.1) is 13.8 Å². The zero-order valence-electron chi connectivity index (χ0n) is 11.9. The molecule has 1 aromatic rings. The predicted molar refractivity (Wildman–Crippen MR) is 75.9 cm³/mol. The van der Waals surface area contributed by atoms with E-state index in [0.29, 0.717) is 5.56 Å². The molecule has 0 aromatic heterocycles. The van der Waals surface area contributed by atoms with Crippen molar-refractivity contribution in [1.29, 1.82) is 0 Å². The van der Waals surface area contributed by atoms with Crippen LogP contribution in [0.4, 0.5) is 0 Å². The number of primary amides is 1. The van der Waals surface area contributed by atoms with E-state index in [1.807, 2.05) is 6.92 Å². The molecule has 0 saturated carbocycles. The highest BCUT2D eigenvalue weighted by Gasteiger charge is 2.17. The van der Waals surface area contributed by atoms with E-state index in [1.54, 1.807) is 19.1 Å². The van der Waals surface area contributed by atoms with Crippen molar-refractivity contribution in [2.45, 2.75) is 25.2 Å². The summed E-state index contributed by atoms with van der Waals surface area (Å²) in [4.78, 5) is 21.8. The molecule has 0 atom stereocenters. The van der Waals surface area contributed by atoms with Crippen LogP contribution in [0.25, 0.3) is 0 Å². The second kappa shape index (κ2) is 7.19. The lowest BCUT2D eigenvalue weighted by Gasteiger charge is -2.09. The van der Waals surface area contributed by atoms with Gasteiger partial charge in [0.05, 0.1) is 11.3 Å². The highest BCUT2D eigenvalue weighted by Crippen LogP contribution is 2.16. The van der Waals surface area contributed by atoms with Gasteiger partial charge in [0.25, 0.3) is 5.91 Å². The first-order valence-electron chi connectivity index (χ1n) is 6.23. The molecule has 1 aromatic carbocycles. The molecule has 0 spiro atoms. The van der Waals surface area contributed by atoms with Crippen LogP contribution in [-0.2, 0) is 24.3 Å². The number of esters is 1. The summed E-state index contributed by atoms with van der Waals surface area (Å²) in [6, 6.07) is 4.97. The Labute approximate surface area is 123 Å². The molecule has 116 valence electrons. The number of nitrogens with one attached hydrogen (secondary N) is 1. The SMILES string of the molecule is Cc1ccc(S(=O)(=O)NCCC(=O)OCC(N)=O)c(C)c1. The maximum Gasteiger partial charge on any atom is 0.307 e. The van der Waals surface area contributed by atoms with Crippen molar-refractivity contribution in [2.75, 3.05) is 13.2 Å². The fraction of sp³-hybridized carbons (Fsp3) is 0.385. The number of carbonyl (C=O) groups excluding carboxylic acids is 2. The highest BCUT2D eigenvalue weighted by atomic mass is 32.2. The molecule has 0 aliphatic rings. The minimum atomic E-state index is -3.68. The molecule has 8 heteroatoms. The van der Waals surface area contributed by atoms with Crippen LogP contribution in [0.5, 0.6) is 0 Å². The summed E-state index contributed by atoms with van der Waals surface area (Å²) in [7, 11) is -3.68. The van der Waals surface area contributed by atoms with Crippen molar-refractivity contribution in [2.24, 2.45) is 5.73 Å². The van der Waals surface area contributed by atoms with Crippen molar-refractivity contribution in [1.82, 2.24) is 4.72 Å². The van der Waals surface area contributed by atoms with E-state index < -0.39 is 28.5 Å². The van der Waals surface area contributed by atoms with Crippen LogP contribution in [0.2, 0.25) is 0 Å². The topological polar surface area (TPSA) is 116 Å². The van der Waals surface area contributed by atoms with E-state index in [2.05, 4.69) is 9.46 Å². The van der Waals surface area contributed by atoms with Crippen LogP contribution in [0.1, 0.15) is 17.5 Å². The number of ether oxygens (including phenoxy) is 1. The molecule has 0 bridgehead atoms. The number of amides is 1. The lowest BCUT2D eigenvalue weighted by atomic mass is 10.2. The molecule has 0 fully saturated rings.